The van der Waals surface area contributed by atoms with E-state index in [0.29, 0.717) is 17.7 Å². The summed E-state index contributed by atoms with van der Waals surface area (Å²) in [5, 5.41) is 14.2. The van der Waals surface area contributed by atoms with Crippen LogP contribution in [0.1, 0.15) is 66.8 Å². The SMILES string of the molecule is CC(C)c1cc(C(=O)N(C)Cc2ccc(C#N)cc2)c2cnn(C(C)C)c2n1. The van der Waals surface area contributed by atoms with Crippen LogP contribution < -0.4 is 0 Å². The number of rotatable bonds is 5. The Morgan fingerprint density at radius 1 is 1.21 bits per heavy atom. The molecule has 0 saturated heterocycles. The second-order valence-corrected chi connectivity index (χ2v) is 7.64. The van der Waals surface area contributed by atoms with Crippen LogP contribution in [-0.4, -0.2) is 32.6 Å². The highest BCUT2D eigenvalue weighted by atomic mass is 16.2. The van der Waals surface area contributed by atoms with Gasteiger partial charge in [0.2, 0.25) is 0 Å². The maximum absolute atomic E-state index is 13.2. The van der Waals surface area contributed by atoms with Gasteiger partial charge in [-0.1, -0.05) is 26.0 Å². The smallest absolute Gasteiger partial charge is 0.254 e. The van der Waals surface area contributed by atoms with Crippen LogP contribution in [0.2, 0.25) is 0 Å². The van der Waals surface area contributed by atoms with Gasteiger partial charge in [0.05, 0.1) is 28.8 Å². The molecule has 0 aliphatic heterocycles. The monoisotopic (exact) mass is 375 g/mol. The van der Waals surface area contributed by atoms with Crippen molar-refractivity contribution in [2.45, 2.75) is 46.2 Å². The Bertz CT molecular complexity index is 1040. The van der Waals surface area contributed by atoms with Gasteiger partial charge in [0, 0.05) is 25.3 Å². The number of nitriles is 1. The lowest BCUT2D eigenvalue weighted by Crippen LogP contribution is -2.26. The number of benzene rings is 1. The number of carbonyl (C=O) groups is 1. The molecule has 1 amide bonds. The lowest BCUT2D eigenvalue weighted by molar-refractivity contribution is 0.0787. The van der Waals surface area contributed by atoms with Crippen molar-refractivity contribution in [3.8, 4) is 6.07 Å². The minimum Gasteiger partial charge on any atom is -0.337 e. The van der Waals surface area contributed by atoms with E-state index in [0.717, 1.165) is 22.3 Å². The van der Waals surface area contributed by atoms with Crippen molar-refractivity contribution < 1.29 is 4.79 Å². The summed E-state index contributed by atoms with van der Waals surface area (Å²) in [5.74, 6) is 0.136. The molecule has 0 radical (unpaired) electrons. The highest BCUT2D eigenvalue weighted by molar-refractivity contribution is 6.05. The van der Waals surface area contributed by atoms with Crippen molar-refractivity contribution in [2.75, 3.05) is 7.05 Å². The van der Waals surface area contributed by atoms with Gasteiger partial charge in [-0.15, -0.1) is 0 Å². The molecule has 6 nitrogen and oxygen atoms in total. The molecule has 0 N–H and O–H groups in total. The first kappa shape index (κ1) is 19.6. The van der Waals surface area contributed by atoms with Gasteiger partial charge in [0.25, 0.3) is 5.91 Å². The van der Waals surface area contributed by atoms with Crippen molar-refractivity contribution in [1.29, 1.82) is 5.26 Å². The fraction of sp³-hybridized carbons (Fsp3) is 0.364. The molecule has 0 bridgehead atoms. The Morgan fingerprint density at radius 2 is 1.89 bits per heavy atom. The molecular weight excluding hydrogens is 350 g/mol. The van der Waals surface area contributed by atoms with E-state index in [2.05, 4.69) is 38.9 Å². The summed E-state index contributed by atoms with van der Waals surface area (Å²) in [4.78, 5) is 19.7. The second-order valence-electron chi connectivity index (χ2n) is 7.64. The van der Waals surface area contributed by atoms with Crippen LogP contribution in [0.15, 0.2) is 36.5 Å². The van der Waals surface area contributed by atoms with Crippen molar-refractivity contribution in [3.05, 3.63) is 58.9 Å². The zero-order chi connectivity index (χ0) is 20.4. The number of amides is 1. The summed E-state index contributed by atoms with van der Waals surface area (Å²) in [6.07, 6.45) is 1.73. The molecule has 0 saturated carbocycles. The van der Waals surface area contributed by atoms with E-state index >= 15 is 0 Å². The molecule has 0 atom stereocenters. The van der Waals surface area contributed by atoms with E-state index in [1.807, 2.05) is 22.9 Å². The Kier molecular flexibility index (Phi) is 5.46. The van der Waals surface area contributed by atoms with Crippen molar-refractivity contribution in [1.82, 2.24) is 19.7 Å². The van der Waals surface area contributed by atoms with Gasteiger partial charge < -0.3 is 4.90 Å². The number of hydrogen-bond donors (Lipinski definition) is 0. The Hall–Kier alpha value is -3.20. The van der Waals surface area contributed by atoms with Gasteiger partial charge >= 0.3 is 0 Å². The fourth-order valence-corrected chi connectivity index (χ4v) is 3.12. The van der Waals surface area contributed by atoms with Gasteiger partial charge in [-0.05, 0) is 43.5 Å². The largest absolute Gasteiger partial charge is 0.337 e. The average molecular weight is 375 g/mol. The molecule has 3 aromatic rings. The maximum atomic E-state index is 13.2. The third-order valence-corrected chi connectivity index (χ3v) is 4.75. The van der Waals surface area contributed by atoms with Gasteiger partial charge in [0.1, 0.15) is 0 Å². The van der Waals surface area contributed by atoms with E-state index in [1.165, 1.54) is 0 Å². The first-order valence-electron chi connectivity index (χ1n) is 9.44. The third-order valence-electron chi connectivity index (χ3n) is 4.75. The molecule has 0 aliphatic carbocycles. The Morgan fingerprint density at radius 3 is 2.46 bits per heavy atom. The molecule has 28 heavy (non-hydrogen) atoms. The first-order chi connectivity index (χ1) is 13.3. The van der Waals surface area contributed by atoms with Crippen LogP contribution in [0.5, 0.6) is 0 Å². The zero-order valence-corrected chi connectivity index (χ0v) is 17.0. The van der Waals surface area contributed by atoms with Crippen LogP contribution in [0.25, 0.3) is 11.0 Å². The van der Waals surface area contributed by atoms with Crippen molar-refractivity contribution in [2.24, 2.45) is 0 Å². The van der Waals surface area contributed by atoms with Crippen LogP contribution in [0.4, 0.5) is 0 Å². The number of nitrogens with zero attached hydrogens (tertiary/aromatic N) is 5. The summed E-state index contributed by atoms with van der Waals surface area (Å²) >= 11 is 0. The molecule has 1 aromatic carbocycles. The average Bonchev–Trinajstić information content (AvgIpc) is 3.11. The van der Waals surface area contributed by atoms with E-state index < -0.39 is 0 Å². The second kappa shape index (κ2) is 7.81. The van der Waals surface area contributed by atoms with Gasteiger partial charge in [-0.2, -0.15) is 10.4 Å². The number of pyridine rings is 1. The van der Waals surface area contributed by atoms with Crippen molar-refractivity contribution >= 4 is 16.9 Å². The summed E-state index contributed by atoms with van der Waals surface area (Å²) in [6, 6.07) is 11.4. The predicted molar refractivity (Wildman–Crippen MR) is 109 cm³/mol. The fourth-order valence-electron chi connectivity index (χ4n) is 3.12. The third kappa shape index (κ3) is 3.74. The zero-order valence-electron chi connectivity index (χ0n) is 17.0. The number of fused-ring (bicyclic) bond motifs is 1. The lowest BCUT2D eigenvalue weighted by Gasteiger charge is -2.19. The molecule has 3 rings (SSSR count). The quantitative estimate of drug-likeness (QED) is 0.667. The molecule has 2 heterocycles. The van der Waals surface area contributed by atoms with Gasteiger partial charge in [-0.3, -0.25) is 4.79 Å². The summed E-state index contributed by atoms with van der Waals surface area (Å²) in [6.45, 7) is 8.70. The summed E-state index contributed by atoms with van der Waals surface area (Å²) in [5.41, 5.74) is 3.83. The molecule has 0 unspecified atom stereocenters. The van der Waals surface area contributed by atoms with E-state index in [1.54, 1.807) is 30.3 Å². The van der Waals surface area contributed by atoms with Crippen LogP contribution in [-0.2, 0) is 6.54 Å². The van der Waals surface area contributed by atoms with Crippen LogP contribution in [0.3, 0.4) is 0 Å². The van der Waals surface area contributed by atoms with Gasteiger partial charge in [-0.25, -0.2) is 9.67 Å². The van der Waals surface area contributed by atoms with Gasteiger partial charge in [0.15, 0.2) is 5.65 Å². The highest BCUT2D eigenvalue weighted by Gasteiger charge is 2.21. The molecule has 0 spiro atoms. The highest BCUT2D eigenvalue weighted by Crippen LogP contribution is 2.25. The minimum atomic E-state index is -0.0676. The summed E-state index contributed by atoms with van der Waals surface area (Å²) in [7, 11) is 1.79. The predicted octanol–water partition coefficient (Wildman–Crippen LogP) is 4.28. The molecule has 0 aliphatic rings. The normalized spacial score (nSPS) is 11.2. The molecular formula is C22H25N5O. The summed E-state index contributed by atoms with van der Waals surface area (Å²) < 4.78 is 1.86. The Balaban J connectivity index is 1.98. The van der Waals surface area contributed by atoms with Crippen LogP contribution >= 0.6 is 0 Å². The number of carbonyl (C=O) groups excluding carboxylic acids is 1. The van der Waals surface area contributed by atoms with Crippen LogP contribution in [0, 0.1) is 11.3 Å². The first-order valence-corrected chi connectivity index (χ1v) is 9.44. The van der Waals surface area contributed by atoms with E-state index in [9.17, 15) is 4.79 Å². The Labute approximate surface area is 165 Å². The number of hydrogen-bond acceptors (Lipinski definition) is 4. The minimum absolute atomic E-state index is 0.0676. The molecule has 0 fully saturated rings. The number of aromatic nitrogens is 3. The molecule has 2 aromatic heterocycles. The standard InChI is InChI=1S/C22H25N5O/c1-14(2)20-10-18(19-12-24-27(15(3)4)21(19)25-20)22(28)26(5)13-17-8-6-16(11-23)7-9-17/h6-10,12,14-15H,13H2,1-5H3. The van der Waals surface area contributed by atoms with E-state index in [-0.39, 0.29) is 17.9 Å². The topological polar surface area (TPSA) is 74.8 Å². The maximum Gasteiger partial charge on any atom is 0.254 e. The van der Waals surface area contributed by atoms with E-state index in [4.69, 9.17) is 10.2 Å². The van der Waals surface area contributed by atoms with Crippen molar-refractivity contribution in [3.63, 3.8) is 0 Å². The molecule has 6 heteroatoms. The molecule has 144 valence electrons. The lowest BCUT2D eigenvalue weighted by atomic mass is 10.0.